The van der Waals surface area contributed by atoms with Gasteiger partial charge in [-0.2, -0.15) is 4.31 Å². The summed E-state index contributed by atoms with van der Waals surface area (Å²) in [6.45, 7) is 3.85. The number of sulfonamides is 1. The van der Waals surface area contributed by atoms with Crippen LogP contribution in [0.25, 0.3) is 0 Å². The molecule has 0 aromatic heterocycles. The molecule has 1 aliphatic rings. The molecule has 0 saturated carbocycles. The summed E-state index contributed by atoms with van der Waals surface area (Å²) in [7, 11) is -1.40. The lowest BCUT2D eigenvalue weighted by atomic mass is 10.3. The SMILES string of the molecule is COC(CN)CN1CCN(S(C)(=O)=O)CC1. The van der Waals surface area contributed by atoms with Gasteiger partial charge in [0.25, 0.3) is 0 Å². The number of rotatable bonds is 5. The summed E-state index contributed by atoms with van der Waals surface area (Å²) in [4.78, 5) is 2.18. The van der Waals surface area contributed by atoms with Gasteiger partial charge in [-0.05, 0) is 0 Å². The molecule has 0 radical (unpaired) electrons. The third-order valence-electron chi connectivity index (χ3n) is 2.86. The van der Waals surface area contributed by atoms with E-state index in [2.05, 4.69) is 4.90 Å². The average molecular weight is 251 g/mol. The second-order valence-corrected chi connectivity index (χ2v) is 6.04. The number of ether oxygens (including phenoxy) is 1. The van der Waals surface area contributed by atoms with E-state index >= 15 is 0 Å². The number of hydrogen-bond acceptors (Lipinski definition) is 5. The molecular weight excluding hydrogens is 230 g/mol. The zero-order chi connectivity index (χ0) is 12.2. The Morgan fingerprint density at radius 3 is 2.25 bits per heavy atom. The minimum Gasteiger partial charge on any atom is -0.379 e. The zero-order valence-electron chi connectivity index (χ0n) is 9.92. The first-order valence-electron chi connectivity index (χ1n) is 5.37. The molecule has 1 unspecified atom stereocenters. The van der Waals surface area contributed by atoms with Gasteiger partial charge in [0, 0.05) is 46.4 Å². The van der Waals surface area contributed by atoms with Crippen molar-refractivity contribution in [3.8, 4) is 0 Å². The first-order chi connectivity index (χ1) is 7.47. The standard InChI is InChI=1S/C9H21N3O3S/c1-15-9(7-10)8-11-3-5-12(6-4-11)16(2,13)14/h9H,3-8,10H2,1-2H3. The first-order valence-corrected chi connectivity index (χ1v) is 7.22. The molecule has 96 valence electrons. The Kier molecular flexibility index (Phi) is 5.13. The van der Waals surface area contributed by atoms with Gasteiger partial charge < -0.3 is 10.5 Å². The fourth-order valence-corrected chi connectivity index (χ4v) is 2.60. The van der Waals surface area contributed by atoms with E-state index in [1.807, 2.05) is 0 Å². The number of nitrogens with zero attached hydrogens (tertiary/aromatic N) is 2. The van der Waals surface area contributed by atoms with E-state index in [0.29, 0.717) is 19.6 Å². The maximum atomic E-state index is 11.3. The Bertz CT molecular complexity index is 295. The Morgan fingerprint density at radius 1 is 1.31 bits per heavy atom. The van der Waals surface area contributed by atoms with Gasteiger partial charge >= 0.3 is 0 Å². The maximum absolute atomic E-state index is 11.3. The molecule has 1 fully saturated rings. The van der Waals surface area contributed by atoms with Crippen LogP contribution in [0.3, 0.4) is 0 Å². The van der Waals surface area contributed by atoms with Gasteiger partial charge in [-0.15, -0.1) is 0 Å². The summed E-state index contributed by atoms with van der Waals surface area (Å²) in [6, 6.07) is 0. The molecule has 1 aliphatic heterocycles. The molecule has 0 aliphatic carbocycles. The van der Waals surface area contributed by atoms with E-state index in [1.165, 1.54) is 10.6 Å². The first kappa shape index (κ1) is 13.9. The predicted octanol–water partition coefficient (Wildman–Crippen LogP) is -1.46. The highest BCUT2D eigenvalue weighted by atomic mass is 32.2. The molecule has 0 spiro atoms. The van der Waals surface area contributed by atoms with Gasteiger partial charge in [-0.3, -0.25) is 4.90 Å². The highest BCUT2D eigenvalue weighted by molar-refractivity contribution is 7.88. The monoisotopic (exact) mass is 251 g/mol. The minimum absolute atomic E-state index is 0.0322. The van der Waals surface area contributed by atoms with E-state index in [1.54, 1.807) is 7.11 Å². The van der Waals surface area contributed by atoms with Crippen molar-refractivity contribution in [3.63, 3.8) is 0 Å². The molecule has 0 bridgehead atoms. The van der Waals surface area contributed by atoms with Gasteiger partial charge in [0.1, 0.15) is 0 Å². The highest BCUT2D eigenvalue weighted by Gasteiger charge is 2.24. The van der Waals surface area contributed by atoms with Crippen molar-refractivity contribution in [2.75, 3.05) is 52.6 Å². The summed E-state index contributed by atoms with van der Waals surface area (Å²) in [5.41, 5.74) is 5.54. The number of piperazine rings is 1. The fourth-order valence-electron chi connectivity index (χ4n) is 1.78. The van der Waals surface area contributed by atoms with Crippen LogP contribution in [0.4, 0.5) is 0 Å². The second kappa shape index (κ2) is 5.92. The summed E-state index contributed by atoms with van der Waals surface area (Å²) >= 11 is 0. The lowest BCUT2D eigenvalue weighted by Gasteiger charge is -2.34. The Balaban J connectivity index is 2.38. The molecule has 16 heavy (non-hydrogen) atoms. The fraction of sp³-hybridized carbons (Fsp3) is 1.00. The lowest BCUT2D eigenvalue weighted by molar-refractivity contribution is 0.0584. The van der Waals surface area contributed by atoms with Crippen molar-refractivity contribution in [3.05, 3.63) is 0 Å². The second-order valence-electron chi connectivity index (χ2n) is 4.06. The van der Waals surface area contributed by atoms with Gasteiger partial charge in [0.05, 0.1) is 12.4 Å². The van der Waals surface area contributed by atoms with Crippen molar-refractivity contribution in [1.82, 2.24) is 9.21 Å². The van der Waals surface area contributed by atoms with Gasteiger partial charge in [0.15, 0.2) is 0 Å². The molecule has 0 aromatic carbocycles. The molecular formula is C9H21N3O3S. The van der Waals surface area contributed by atoms with Crippen molar-refractivity contribution >= 4 is 10.0 Å². The Hall–Kier alpha value is -0.210. The van der Waals surface area contributed by atoms with Gasteiger partial charge in [0.2, 0.25) is 10.0 Å². The summed E-state index contributed by atoms with van der Waals surface area (Å²) in [6.07, 6.45) is 1.28. The van der Waals surface area contributed by atoms with E-state index in [9.17, 15) is 8.42 Å². The molecule has 0 amide bonds. The quantitative estimate of drug-likeness (QED) is 0.646. The van der Waals surface area contributed by atoms with Gasteiger partial charge in [-0.1, -0.05) is 0 Å². The number of hydrogen-bond donors (Lipinski definition) is 1. The molecule has 1 atom stereocenters. The van der Waals surface area contributed by atoms with Crippen molar-refractivity contribution < 1.29 is 13.2 Å². The zero-order valence-corrected chi connectivity index (χ0v) is 10.7. The smallest absolute Gasteiger partial charge is 0.211 e. The van der Waals surface area contributed by atoms with E-state index in [0.717, 1.165) is 19.6 Å². The molecule has 7 heteroatoms. The topological polar surface area (TPSA) is 75.9 Å². The van der Waals surface area contributed by atoms with Crippen LogP contribution >= 0.6 is 0 Å². The highest BCUT2D eigenvalue weighted by Crippen LogP contribution is 2.06. The van der Waals surface area contributed by atoms with Crippen molar-refractivity contribution in [1.29, 1.82) is 0 Å². The van der Waals surface area contributed by atoms with Crippen LogP contribution in [-0.4, -0.2) is 76.4 Å². The Labute approximate surface area is 97.4 Å². The van der Waals surface area contributed by atoms with E-state index < -0.39 is 10.0 Å². The molecule has 1 heterocycles. The van der Waals surface area contributed by atoms with Crippen molar-refractivity contribution in [2.24, 2.45) is 5.73 Å². The van der Waals surface area contributed by atoms with E-state index in [-0.39, 0.29) is 6.10 Å². The molecule has 1 rings (SSSR count). The van der Waals surface area contributed by atoms with Gasteiger partial charge in [-0.25, -0.2) is 8.42 Å². The largest absolute Gasteiger partial charge is 0.379 e. The van der Waals surface area contributed by atoms with E-state index in [4.69, 9.17) is 10.5 Å². The third kappa shape index (κ3) is 3.99. The summed E-state index contributed by atoms with van der Waals surface area (Å²) < 4.78 is 29.3. The third-order valence-corrected chi connectivity index (χ3v) is 4.16. The number of nitrogens with two attached hydrogens (primary N) is 1. The maximum Gasteiger partial charge on any atom is 0.211 e. The average Bonchev–Trinajstić information content (AvgIpc) is 2.25. The summed E-state index contributed by atoms with van der Waals surface area (Å²) in [5, 5.41) is 0. The van der Waals surface area contributed by atoms with Crippen LogP contribution < -0.4 is 5.73 Å². The van der Waals surface area contributed by atoms with Crippen LogP contribution in [0.2, 0.25) is 0 Å². The van der Waals surface area contributed by atoms with Crippen LogP contribution in [0, 0.1) is 0 Å². The van der Waals surface area contributed by atoms with Crippen molar-refractivity contribution in [2.45, 2.75) is 6.10 Å². The van der Waals surface area contributed by atoms with Crippen LogP contribution in [-0.2, 0) is 14.8 Å². The predicted molar refractivity (Wildman–Crippen MR) is 62.7 cm³/mol. The summed E-state index contributed by atoms with van der Waals surface area (Å²) in [5.74, 6) is 0. The normalized spacial score (nSPS) is 22.2. The Morgan fingerprint density at radius 2 is 1.88 bits per heavy atom. The minimum atomic E-state index is -3.04. The molecule has 2 N–H and O–H groups in total. The molecule has 6 nitrogen and oxygen atoms in total. The molecule has 1 saturated heterocycles. The number of methoxy groups -OCH3 is 1. The molecule has 0 aromatic rings. The van der Waals surface area contributed by atoms with Crippen LogP contribution in [0.5, 0.6) is 0 Å². The lowest BCUT2D eigenvalue weighted by Crippen LogP contribution is -2.51. The van der Waals surface area contributed by atoms with Crippen LogP contribution in [0.15, 0.2) is 0 Å². The van der Waals surface area contributed by atoms with Crippen LogP contribution in [0.1, 0.15) is 0 Å².